The summed E-state index contributed by atoms with van der Waals surface area (Å²) < 4.78 is 3.55. The van der Waals surface area contributed by atoms with Crippen LogP contribution in [0.25, 0.3) is 11.0 Å². The second-order valence-corrected chi connectivity index (χ2v) is 9.83. The summed E-state index contributed by atoms with van der Waals surface area (Å²) in [5, 5.41) is 30.9. The Kier molecular flexibility index (Phi) is 8.28. The number of carboxylic acid groups (broad SMARTS) is 1. The molecule has 0 bridgehead atoms. The van der Waals surface area contributed by atoms with E-state index in [0.717, 1.165) is 16.6 Å². The first-order valence-electron chi connectivity index (χ1n) is 11.7. The third-order valence-corrected chi connectivity index (χ3v) is 6.21. The number of hydrogen-bond acceptors (Lipinski definition) is 4. The number of rotatable bonds is 7. The van der Waals surface area contributed by atoms with Crippen molar-refractivity contribution in [3.05, 3.63) is 94.6 Å². The van der Waals surface area contributed by atoms with Crippen molar-refractivity contribution in [1.82, 2.24) is 14.5 Å². The number of nitrogens with zero attached hydrogens (tertiary/aromatic N) is 2. The second-order valence-electron chi connectivity index (χ2n) is 9.83. The highest BCUT2D eigenvalue weighted by atomic mass is 79.9. The van der Waals surface area contributed by atoms with Crippen LogP contribution in [0.4, 0.5) is 4.79 Å². The van der Waals surface area contributed by atoms with E-state index in [1.165, 1.54) is 6.07 Å². The number of halogens is 1. The molecule has 4 rings (SSSR count). The van der Waals surface area contributed by atoms with E-state index in [0.29, 0.717) is 23.2 Å². The Balaban J connectivity index is 0.00000380. The van der Waals surface area contributed by atoms with Gasteiger partial charge in [-0.15, -0.1) is 17.0 Å². The van der Waals surface area contributed by atoms with Gasteiger partial charge < -0.3 is 24.7 Å². The fourth-order valence-electron chi connectivity index (χ4n) is 4.35. The van der Waals surface area contributed by atoms with Gasteiger partial charge in [-0.25, -0.2) is 4.79 Å². The topological polar surface area (TPSA) is 120 Å². The Labute approximate surface area is 225 Å². The molecule has 0 spiro atoms. The fraction of sp³-hybridized carbons (Fsp3) is 0.250. The third kappa shape index (κ3) is 5.94. The van der Waals surface area contributed by atoms with Crippen LogP contribution in [0.2, 0.25) is 0 Å². The molecule has 3 aromatic carbocycles. The summed E-state index contributed by atoms with van der Waals surface area (Å²) in [6.07, 6.45) is -1.22. The Morgan fingerprint density at radius 1 is 0.946 bits per heavy atom. The lowest BCUT2D eigenvalue weighted by molar-refractivity contribution is 0.0971. The summed E-state index contributed by atoms with van der Waals surface area (Å²) in [6, 6.07) is 20.7. The number of amides is 1. The molecular weight excluding hydrogens is 536 g/mol. The van der Waals surface area contributed by atoms with Crippen molar-refractivity contribution in [2.24, 2.45) is 0 Å². The molecule has 0 saturated heterocycles. The molecule has 8 nitrogen and oxygen atoms in total. The minimum Gasteiger partial charge on any atom is -0.507 e. The van der Waals surface area contributed by atoms with Crippen LogP contribution < -0.4 is 10.9 Å². The zero-order valence-corrected chi connectivity index (χ0v) is 22.7. The van der Waals surface area contributed by atoms with Crippen LogP contribution in [-0.2, 0) is 25.0 Å². The largest absolute Gasteiger partial charge is 0.507 e. The number of aromatic hydroxyl groups is 1. The molecular formula is C28H31BrN4O4. The number of nitrogens with one attached hydrogen (secondary N) is 2. The van der Waals surface area contributed by atoms with Crippen molar-refractivity contribution in [3.8, 4) is 5.75 Å². The van der Waals surface area contributed by atoms with E-state index < -0.39 is 11.5 Å². The normalized spacial score (nSPS) is 11.2. The highest BCUT2D eigenvalue weighted by Gasteiger charge is 2.24. The van der Waals surface area contributed by atoms with Gasteiger partial charge in [0, 0.05) is 23.2 Å². The van der Waals surface area contributed by atoms with Crippen molar-refractivity contribution in [2.45, 2.75) is 45.8 Å². The van der Waals surface area contributed by atoms with E-state index >= 15 is 0 Å². The van der Waals surface area contributed by atoms with E-state index in [1.807, 2.05) is 79.9 Å². The van der Waals surface area contributed by atoms with Gasteiger partial charge in [-0.3, -0.25) is 10.2 Å². The Morgan fingerprint density at radius 2 is 1.54 bits per heavy atom. The Hall–Kier alpha value is -3.85. The summed E-state index contributed by atoms with van der Waals surface area (Å²) in [4.78, 5) is 24.6. The molecule has 0 aliphatic carbocycles. The number of carbonyl (C=O) groups is 2. The third-order valence-electron chi connectivity index (χ3n) is 6.21. The SMILES string of the molecule is Br.CC(C)(C)c1cc(C(=O)Cn2c(=N)n(Cc3ccccc3)c3ccccc32)cc(CNC(=O)O)c1O. The molecule has 1 amide bonds. The number of hydrogen-bond donors (Lipinski definition) is 4. The van der Waals surface area contributed by atoms with Gasteiger partial charge in [0.2, 0.25) is 5.62 Å². The average Bonchev–Trinajstić information content (AvgIpc) is 3.09. The van der Waals surface area contributed by atoms with Gasteiger partial charge in [0.25, 0.3) is 0 Å². The standard InChI is InChI=1S/C28H30N4O4.BrH/c1-28(2,3)21-14-19(13-20(25(21)34)15-30-27(35)36)24(33)17-32-23-12-8-7-11-22(23)31(26(32)29)16-18-9-5-4-6-10-18;/h4-14,29-30,34H,15-17H2,1-3H3,(H,35,36);1H. The quantitative estimate of drug-likeness (QED) is 0.230. The van der Waals surface area contributed by atoms with Gasteiger partial charge in [-0.05, 0) is 35.2 Å². The van der Waals surface area contributed by atoms with Crippen molar-refractivity contribution in [1.29, 1.82) is 5.41 Å². The van der Waals surface area contributed by atoms with Gasteiger partial charge in [-0.2, -0.15) is 0 Å². The molecule has 0 atom stereocenters. The minimum absolute atomic E-state index is 0. The van der Waals surface area contributed by atoms with Crippen LogP contribution in [0.1, 0.15) is 47.8 Å². The summed E-state index contributed by atoms with van der Waals surface area (Å²) >= 11 is 0. The summed E-state index contributed by atoms with van der Waals surface area (Å²) in [7, 11) is 0. The number of para-hydroxylation sites is 2. The number of benzene rings is 3. The lowest BCUT2D eigenvalue weighted by Gasteiger charge is -2.23. The van der Waals surface area contributed by atoms with E-state index in [9.17, 15) is 14.7 Å². The molecule has 1 heterocycles. The number of ketones is 1. The van der Waals surface area contributed by atoms with E-state index in [1.54, 1.807) is 10.6 Å². The molecule has 4 N–H and O–H groups in total. The van der Waals surface area contributed by atoms with Gasteiger partial charge in [0.15, 0.2) is 5.78 Å². The monoisotopic (exact) mass is 566 g/mol. The zero-order chi connectivity index (χ0) is 26.0. The fourth-order valence-corrected chi connectivity index (χ4v) is 4.35. The molecule has 1 aromatic heterocycles. The highest BCUT2D eigenvalue weighted by Crippen LogP contribution is 2.35. The highest BCUT2D eigenvalue weighted by molar-refractivity contribution is 8.93. The van der Waals surface area contributed by atoms with Crippen LogP contribution in [0.3, 0.4) is 0 Å². The van der Waals surface area contributed by atoms with Crippen molar-refractivity contribution >= 4 is 39.9 Å². The predicted octanol–water partition coefficient (Wildman–Crippen LogP) is 5.20. The molecule has 0 unspecified atom stereocenters. The molecule has 194 valence electrons. The number of carbonyl (C=O) groups excluding carboxylic acids is 1. The van der Waals surface area contributed by atoms with Crippen LogP contribution in [0.5, 0.6) is 5.75 Å². The number of imidazole rings is 1. The molecule has 9 heteroatoms. The molecule has 37 heavy (non-hydrogen) atoms. The van der Waals surface area contributed by atoms with Gasteiger partial charge in [0.1, 0.15) is 5.75 Å². The van der Waals surface area contributed by atoms with Crippen molar-refractivity contribution in [2.75, 3.05) is 0 Å². The van der Waals surface area contributed by atoms with E-state index in [4.69, 9.17) is 10.5 Å². The number of fused-ring (bicyclic) bond motifs is 1. The number of Topliss-reactive ketones (excluding diaryl/α,β-unsaturated/α-hetero) is 1. The van der Waals surface area contributed by atoms with Gasteiger partial charge in [-0.1, -0.05) is 63.2 Å². The van der Waals surface area contributed by atoms with Crippen LogP contribution in [-0.4, -0.2) is 31.2 Å². The van der Waals surface area contributed by atoms with Crippen LogP contribution in [0.15, 0.2) is 66.7 Å². The Morgan fingerprint density at radius 3 is 2.14 bits per heavy atom. The molecule has 0 aliphatic rings. The molecule has 0 saturated carbocycles. The van der Waals surface area contributed by atoms with E-state index in [2.05, 4.69) is 5.32 Å². The number of phenolic OH excluding ortho intramolecular Hbond substituents is 1. The summed E-state index contributed by atoms with van der Waals surface area (Å²) in [5.41, 5.74) is 3.64. The van der Waals surface area contributed by atoms with Crippen molar-refractivity contribution in [3.63, 3.8) is 0 Å². The number of aromatic nitrogens is 2. The first-order valence-corrected chi connectivity index (χ1v) is 11.7. The van der Waals surface area contributed by atoms with Gasteiger partial charge >= 0.3 is 6.09 Å². The first-order chi connectivity index (χ1) is 17.1. The maximum absolute atomic E-state index is 13.5. The zero-order valence-electron chi connectivity index (χ0n) is 21.0. The average molecular weight is 567 g/mol. The molecule has 0 aliphatic heterocycles. The Bertz CT molecular complexity index is 1500. The van der Waals surface area contributed by atoms with E-state index in [-0.39, 0.29) is 47.2 Å². The second kappa shape index (κ2) is 11.0. The molecule has 0 fully saturated rings. The maximum Gasteiger partial charge on any atom is 0.404 e. The lowest BCUT2D eigenvalue weighted by Crippen LogP contribution is -2.28. The minimum atomic E-state index is -1.22. The van der Waals surface area contributed by atoms with Crippen molar-refractivity contribution < 1.29 is 19.8 Å². The smallest absolute Gasteiger partial charge is 0.404 e. The molecule has 4 aromatic rings. The molecule has 0 radical (unpaired) electrons. The first kappa shape index (κ1) is 27.7. The maximum atomic E-state index is 13.5. The lowest BCUT2D eigenvalue weighted by atomic mass is 9.83. The van der Waals surface area contributed by atoms with Crippen LogP contribution >= 0.6 is 17.0 Å². The van der Waals surface area contributed by atoms with Crippen LogP contribution in [0, 0.1) is 5.41 Å². The predicted molar refractivity (Wildman–Crippen MR) is 148 cm³/mol. The summed E-state index contributed by atoms with van der Waals surface area (Å²) in [5.74, 6) is -0.265. The van der Waals surface area contributed by atoms with Gasteiger partial charge in [0.05, 0.1) is 24.1 Å². The number of phenols is 1. The summed E-state index contributed by atoms with van der Waals surface area (Å²) in [6.45, 7) is 6.05.